The SMILES string of the molecule is c1n[nH]c(C2CCNC2)c1C1CC1. The normalized spacial score (nSPS) is 28.2. The zero-order valence-electron chi connectivity index (χ0n) is 7.71. The molecule has 1 aromatic heterocycles. The average molecular weight is 177 g/mol. The van der Waals surface area contributed by atoms with Crippen LogP contribution in [0.25, 0.3) is 0 Å². The highest BCUT2D eigenvalue weighted by Gasteiger charge is 2.30. The number of hydrogen-bond donors (Lipinski definition) is 2. The third-order valence-electron chi connectivity index (χ3n) is 3.19. The molecule has 70 valence electrons. The van der Waals surface area contributed by atoms with Gasteiger partial charge < -0.3 is 5.32 Å². The van der Waals surface area contributed by atoms with Crippen molar-refractivity contribution >= 4 is 0 Å². The molecule has 1 saturated heterocycles. The van der Waals surface area contributed by atoms with E-state index in [1.54, 1.807) is 0 Å². The predicted molar refractivity (Wildman–Crippen MR) is 50.8 cm³/mol. The third-order valence-corrected chi connectivity index (χ3v) is 3.19. The second-order valence-corrected chi connectivity index (χ2v) is 4.20. The van der Waals surface area contributed by atoms with Crippen LogP contribution in [-0.4, -0.2) is 23.3 Å². The Morgan fingerprint density at radius 2 is 2.15 bits per heavy atom. The number of hydrogen-bond acceptors (Lipinski definition) is 2. The number of nitrogens with zero attached hydrogens (tertiary/aromatic N) is 1. The van der Waals surface area contributed by atoms with Gasteiger partial charge in [-0.1, -0.05) is 0 Å². The Bertz CT molecular complexity index is 295. The molecule has 3 nitrogen and oxygen atoms in total. The van der Waals surface area contributed by atoms with Gasteiger partial charge in [0.1, 0.15) is 0 Å². The van der Waals surface area contributed by atoms with Gasteiger partial charge in [0, 0.05) is 18.2 Å². The molecule has 13 heavy (non-hydrogen) atoms. The van der Waals surface area contributed by atoms with Gasteiger partial charge in [0.15, 0.2) is 0 Å². The van der Waals surface area contributed by atoms with Crippen LogP contribution in [0.5, 0.6) is 0 Å². The van der Waals surface area contributed by atoms with Crippen LogP contribution < -0.4 is 5.32 Å². The van der Waals surface area contributed by atoms with Crippen LogP contribution in [0, 0.1) is 0 Å². The zero-order valence-corrected chi connectivity index (χ0v) is 7.71. The molecule has 0 amide bonds. The molecular formula is C10H15N3. The summed E-state index contributed by atoms with van der Waals surface area (Å²) in [6.07, 6.45) is 6.03. The summed E-state index contributed by atoms with van der Waals surface area (Å²) in [4.78, 5) is 0. The quantitative estimate of drug-likeness (QED) is 0.716. The summed E-state index contributed by atoms with van der Waals surface area (Å²) in [5.74, 6) is 1.52. The van der Waals surface area contributed by atoms with Crippen LogP contribution in [0.15, 0.2) is 6.20 Å². The fraction of sp³-hybridized carbons (Fsp3) is 0.700. The zero-order chi connectivity index (χ0) is 8.67. The van der Waals surface area contributed by atoms with E-state index in [-0.39, 0.29) is 0 Å². The molecule has 2 heterocycles. The summed E-state index contributed by atoms with van der Waals surface area (Å²) >= 11 is 0. The molecule has 1 aromatic rings. The van der Waals surface area contributed by atoms with Gasteiger partial charge >= 0.3 is 0 Å². The van der Waals surface area contributed by atoms with E-state index in [9.17, 15) is 0 Å². The van der Waals surface area contributed by atoms with Gasteiger partial charge in [0.05, 0.1) is 6.20 Å². The van der Waals surface area contributed by atoms with Crippen molar-refractivity contribution in [2.45, 2.75) is 31.1 Å². The Balaban J connectivity index is 1.88. The van der Waals surface area contributed by atoms with Crippen LogP contribution in [0.4, 0.5) is 0 Å². The summed E-state index contributed by atoms with van der Waals surface area (Å²) in [5, 5.41) is 10.8. The van der Waals surface area contributed by atoms with E-state index in [4.69, 9.17) is 0 Å². The van der Waals surface area contributed by atoms with Gasteiger partial charge in [0.2, 0.25) is 0 Å². The second kappa shape index (κ2) is 2.84. The van der Waals surface area contributed by atoms with E-state index < -0.39 is 0 Å². The Hall–Kier alpha value is -0.830. The molecule has 1 aliphatic heterocycles. The lowest BCUT2D eigenvalue weighted by Crippen LogP contribution is -2.09. The Morgan fingerprint density at radius 1 is 1.23 bits per heavy atom. The summed E-state index contributed by atoms with van der Waals surface area (Å²) < 4.78 is 0. The minimum absolute atomic E-state index is 0.693. The van der Waals surface area contributed by atoms with Crippen molar-refractivity contribution in [3.05, 3.63) is 17.5 Å². The van der Waals surface area contributed by atoms with Crippen LogP contribution >= 0.6 is 0 Å². The van der Waals surface area contributed by atoms with Crippen molar-refractivity contribution in [3.8, 4) is 0 Å². The molecule has 2 fully saturated rings. The highest BCUT2D eigenvalue weighted by atomic mass is 15.1. The number of aromatic amines is 1. The fourth-order valence-corrected chi connectivity index (χ4v) is 2.25. The molecular weight excluding hydrogens is 162 g/mol. The molecule has 1 saturated carbocycles. The molecule has 1 aliphatic carbocycles. The number of H-pyrrole nitrogens is 1. The van der Waals surface area contributed by atoms with E-state index in [0.29, 0.717) is 5.92 Å². The molecule has 2 aliphatic rings. The van der Waals surface area contributed by atoms with E-state index in [2.05, 4.69) is 15.5 Å². The molecule has 2 N–H and O–H groups in total. The predicted octanol–water partition coefficient (Wildman–Crippen LogP) is 1.36. The second-order valence-electron chi connectivity index (χ2n) is 4.20. The maximum Gasteiger partial charge on any atom is 0.0525 e. The van der Waals surface area contributed by atoms with Crippen LogP contribution in [0.2, 0.25) is 0 Å². The average Bonchev–Trinajstić information content (AvgIpc) is 2.72. The van der Waals surface area contributed by atoms with Gasteiger partial charge in [0.25, 0.3) is 0 Å². The Kier molecular flexibility index (Phi) is 1.65. The van der Waals surface area contributed by atoms with Crippen LogP contribution in [0.1, 0.15) is 42.4 Å². The van der Waals surface area contributed by atoms with E-state index in [1.807, 2.05) is 6.20 Å². The molecule has 0 bridgehead atoms. The monoisotopic (exact) mass is 177 g/mol. The lowest BCUT2D eigenvalue weighted by Gasteiger charge is -2.07. The number of nitrogens with one attached hydrogen (secondary N) is 2. The van der Waals surface area contributed by atoms with Gasteiger partial charge in [-0.3, -0.25) is 5.10 Å². The van der Waals surface area contributed by atoms with Gasteiger partial charge in [-0.05, 0) is 37.3 Å². The summed E-state index contributed by atoms with van der Waals surface area (Å²) in [5.41, 5.74) is 2.90. The standard InChI is InChI=1S/C10H15N3/c1-2-7(1)9-6-12-13-10(9)8-3-4-11-5-8/h6-8,11H,1-5H2,(H,12,13). The number of rotatable bonds is 2. The van der Waals surface area contributed by atoms with E-state index >= 15 is 0 Å². The number of aromatic nitrogens is 2. The molecule has 1 unspecified atom stereocenters. The molecule has 0 radical (unpaired) electrons. The van der Waals surface area contributed by atoms with E-state index in [1.165, 1.54) is 30.5 Å². The Morgan fingerprint density at radius 3 is 2.85 bits per heavy atom. The third kappa shape index (κ3) is 1.27. The lowest BCUT2D eigenvalue weighted by molar-refractivity contribution is 0.719. The first-order valence-electron chi connectivity index (χ1n) is 5.19. The largest absolute Gasteiger partial charge is 0.316 e. The molecule has 3 rings (SSSR count). The summed E-state index contributed by atoms with van der Waals surface area (Å²) in [6, 6.07) is 0. The van der Waals surface area contributed by atoms with Crippen molar-refractivity contribution in [1.82, 2.24) is 15.5 Å². The van der Waals surface area contributed by atoms with Crippen LogP contribution in [0.3, 0.4) is 0 Å². The van der Waals surface area contributed by atoms with Crippen molar-refractivity contribution in [2.24, 2.45) is 0 Å². The highest BCUT2D eigenvalue weighted by Crippen LogP contribution is 2.43. The van der Waals surface area contributed by atoms with Crippen molar-refractivity contribution in [1.29, 1.82) is 0 Å². The van der Waals surface area contributed by atoms with Gasteiger partial charge in [-0.2, -0.15) is 5.10 Å². The van der Waals surface area contributed by atoms with Crippen LogP contribution in [-0.2, 0) is 0 Å². The maximum atomic E-state index is 4.18. The first kappa shape index (κ1) is 7.56. The molecule has 1 atom stereocenters. The molecule has 3 heteroatoms. The first-order chi connectivity index (χ1) is 6.45. The van der Waals surface area contributed by atoms with Crippen molar-refractivity contribution < 1.29 is 0 Å². The van der Waals surface area contributed by atoms with Crippen molar-refractivity contribution in [2.75, 3.05) is 13.1 Å². The van der Waals surface area contributed by atoms with Gasteiger partial charge in [-0.25, -0.2) is 0 Å². The smallest absolute Gasteiger partial charge is 0.0525 e. The van der Waals surface area contributed by atoms with E-state index in [0.717, 1.165) is 19.0 Å². The minimum atomic E-state index is 0.693. The van der Waals surface area contributed by atoms with Gasteiger partial charge in [-0.15, -0.1) is 0 Å². The maximum absolute atomic E-state index is 4.18. The molecule has 0 spiro atoms. The first-order valence-corrected chi connectivity index (χ1v) is 5.19. The highest BCUT2D eigenvalue weighted by molar-refractivity contribution is 5.29. The molecule has 0 aromatic carbocycles. The fourth-order valence-electron chi connectivity index (χ4n) is 2.25. The lowest BCUT2D eigenvalue weighted by atomic mass is 9.99. The Labute approximate surface area is 77.9 Å². The topological polar surface area (TPSA) is 40.7 Å². The minimum Gasteiger partial charge on any atom is -0.316 e. The summed E-state index contributed by atoms with van der Waals surface area (Å²) in [6.45, 7) is 2.29. The van der Waals surface area contributed by atoms with Crippen molar-refractivity contribution in [3.63, 3.8) is 0 Å². The summed E-state index contributed by atoms with van der Waals surface area (Å²) in [7, 11) is 0.